The van der Waals surface area contributed by atoms with Crippen molar-refractivity contribution >= 4 is 5.82 Å². The number of hydrogen-bond acceptors (Lipinski definition) is 4. The van der Waals surface area contributed by atoms with Crippen molar-refractivity contribution in [2.45, 2.75) is 13.3 Å². The molecule has 1 rings (SSSR count). The molecule has 0 saturated heterocycles. The van der Waals surface area contributed by atoms with E-state index in [9.17, 15) is 13.2 Å². The van der Waals surface area contributed by atoms with Gasteiger partial charge in [0.15, 0.2) is 0 Å². The minimum Gasteiger partial charge on any atom is -0.386 e. The lowest BCUT2D eigenvalue weighted by molar-refractivity contribution is -0.276. The number of halogens is 3. The summed E-state index contributed by atoms with van der Waals surface area (Å²) in [5.74, 6) is -0.166. The second-order valence-electron chi connectivity index (χ2n) is 2.32. The van der Waals surface area contributed by atoms with Crippen molar-refractivity contribution in [3.63, 3.8) is 0 Å². The molecule has 0 aliphatic rings. The maximum absolute atomic E-state index is 11.7. The highest BCUT2D eigenvalue weighted by Gasteiger charge is 2.31. The summed E-state index contributed by atoms with van der Waals surface area (Å²) < 4.78 is 38.6. The number of hydrogen-bond donors (Lipinski definition) is 1. The predicted molar refractivity (Wildman–Crippen MR) is 42.9 cm³/mol. The molecule has 0 saturated carbocycles. The highest BCUT2D eigenvalue weighted by Crippen LogP contribution is 2.19. The molecule has 1 aromatic heterocycles. The van der Waals surface area contributed by atoms with Gasteiger partial charge in [-0.15, -0.1) is 13.2 Å². The minimum absolute atomic E-state index is 0.405. The Bertz CT molecular complexity index is 285. The van der Waals surface area contributed by atoms with Crippen molar-refractivity contribution in [1.82, 2.24) is 9.97 Å². The van der Waals surface area contributed by atoms with Crippen molar-refractivity contribution in [2.75, 3.05) is 11.9 Å². The number of anilines is 1. The molecule has 1 heterocycles. The first kappa shape index (κ1) is 10.6. The molecule has 1 aromatic rings. The second kappa shape index (κ2) is 4.12. The fourth-order valence-electron chi connectivity index (χ4n) is 0.760. The van der Waals surface area contributed by atoms with E-state index in [0.717, 1.165) is 6.20 Å². The Labute approximate surface area is 78.1 Å². The summed E-state index contributed by atoms with van der Waals surface area (Å²) in [4.78, 5) is 7.07. The number of nitrogens with one attached hydrogen (secondary N) is 1. The maximum atomic E-state index is 11.7. The van der Waals surface area contributed by atoms with Crippen LogP contribution in [0.2, 0.25) is 0 Å². The van der Waals surface area contributed by atoms with Crippen LogP contribution in [0.3, 0.4) is 0 Å². The van der Waals surface area contributed by atoms with Crippen molar-refractivity contribution in [3.05, 3.63) is 12.4 Å². The zero-order chi connectivity index (χ0) is 10.6. The summed E-state index contributed by atoms with van der Waals surface area (Å²) in [7, 11) is 0. The van der Waals surface area contributed by atoms with E-state index in [1.807, 2.05) is 6.92 Å². The lowest BCUT2D eigenvalue weighted by atomic mass is 10.6. The lowest BCUT2D eigenvalue weighted by Gasteiger charge is -2.07. The van der Waals surface area contributed by atoms with Crippen LogP contribution in [0.15, 0.2) is 12.4 Å². The van der Waals surface area contributed by atoms with E-state index in [2.05, 4.69) is 20.0 Å². The zero-order valence-corrected chi connectivity index (χ0v) is 7.30. The van der Waals surface area contributed by atoms with E-state index < -0.39 is 12.2 Å². The highest BCUT2D eigenvalue weighted by molar-refractivity contribution is 5.31. The Morgan fingerprint density at radius 1 is 1.36 bits per heavy atom. The first-order valence-electron chi connectivity index (χ1n) is 3.83. The van der Waals surface area contributed by atoms with Crippen LogP contribution in [0, 0.1) is 0 Å². The first-order chi connectivity index (χ1) is 6.51. The molecular formula is C7H8F3N3O. The Kier molecular flexibility index (Phi) is 3.10. The molecule has 0 aromatic carbocycles. The van der Waals surface area contributed by atoms with E-state index in [1.54, 1.807) is 0 Å². The van der Waals surface area contributed by atoms with Crippen LogP contribution >= 0.6 is 0 Å². The first-order valence-corrected chi connectivity index (χ1v) is 3.83. The fourth-order valence-corrected chi connectivity index (χ4v) is 0.760. The number of ether oxygens (including phenoxy) is 1. The normalized spacial score (nSPS) is 11.1. The van der Waals surface area contributed by atoms with E-state index in [0.29, 0.717) is 12.4 Å². The summed E-state index contributed by atoms with van der Waals surface area (Å²) in [6, 6.07) is 0. The van der Waals surface area contributed by atoms with Crippen LogP contribution in [0.1, 0.15) is 6.92 Å². The summed E-state index contributed by atoms with van der Waals surface area (Å²) >= 11 is 0. The third kappa shape index (κ3) is 3.46. The quantitative estimate of drug-likeness (QED) is 0.821. The molecule has 0 fully saturated rings. The summed E-state index contributed by atoms with van der Waals surface area (Å²) in [6.45, 7) is 2.45. The van der Waals surface area contributed by atoms with Gasteiger partial charge in [-0.2, -0.15) is 0 Å². The lowest BCUT2D eigenvalue weighted by Crippen LogP contribution is -2.18. The molecule has 0 amide bonds. The SMILES string of the molecule is CCNc1cnc(OC(F)(F)F)cn1. The molecular weight excluding hydrogens is 199 g/mol. The summed E-state index contributed by atoms with van der Waals surface area (Å²) in [6.07, 6.45) is -2.65. The monoisotopic (exact) mass is 207 g/mol. The number of nitrogens with zero attached hydrogens (tertiary/aromatic N) is 2. The van der Waals surface area contributed by atoms with Crippen molar-refractivity contribution < 1.29 is 17.9 Å². The maximum Gasteiger partial charge on any atom is 0.574 e. The number of aromatic nitrogens is 2. The summed E-state index contributed by atoms with van der Waals surface area (Å²) in [5.41, 5.74) is 0. The highest BCUT2D eigenvalue weighted by atomic mass is 19.4. The molecule has 1 N–H and O–H groups in total. The minimum atomic E-state index is -4.73. The van der Waals surface area contributed by atoms with Gasteiger partial charge in [0.2, 0.25) is 5.88 Å². The van der Waals surface area contributed by atoms with Crippen LogP contribution in [-0.2, 0) is 0 Å². The summed E-state index contributed by atoms with van der Waals surface area (Å²) in [5, 5.41) is 2.79. The van der Waals surface area contributed by atoms with Crippen LogP contribution in [0.5, 0.6) is 5.88 Å². The fraction of sp³-hybridized carbons (Fsp3) is 0.429. The molecule has 0 aliphatic carbocycles. The molecule has 0 unspecified atom stereocenters. The van der Waals surface area contributed by atoms with Crippen LogP contribution in [-0.4, -0.2) is 22.9 Å². The van der Waals surface area contributed by atoms with Crippen molar-refractivity contribution in [3.8, 4) is 5.88 Å². The molecule has 0 bridgehead atoms. The zero-order valence-electron chi connectivity index (χ0n) is 7.30. The van der Waals surface area contributed by atoms with E-state index in [1.165, 1.54) is 6.20 Å². The van der Waals surface area contributed by atoms with Crippen LogP contribution in [0.25, 0.3) is 0 Å². The smallest absolute Gasteiger partial charge is 0.386 e. The van der Waals surface area contributed by atoms with Gasteiger partial charge in [-0.05, 0) is 6.92 Å². The van der Waals surface area contributed by atoms with Gasteiger partial charge < -0.3 is 10.1 Å². The van der Waals surface area contributed by atoms with Crippen LogP contribution < -0.4 is 10.1 Å². The van der Waals surface area contributed by atoms with Gasteiger partial charge in [-0.1, -0.05) is 0 Å². The van der Waals surface area contributed by atoms with Gasteiger partial charge in [0.05, 0.1) is 12.4 Å². The Hall–Kier alpha value is -1.53. The van der Waals surface area contributed by atoms with E-state index in [-0.39, 0.29) is 0 Å². The van der Waals surface area contributed by atoms with Crippen molar-refractivity contribution in [1.29, 1.82) is 0 Å². The van der Waals surface area contributed by atoms with Crippen LogP contribution in [0.4, 0.5) is 19.0 Å². The third-order valence-electron chi connectivity index (χ3n) is 1.21. The molecule has 7 heteroatoms. The number of rotatable bonds is 3. The largest absolute Gasteiger partial charge is 0.574 e. The van der Waals surface area contributed by atoms with E-state index >= 15 is 0 Å². The molecule has 0 atom stereocenters. The van der Waals surface area contributed by atoms with Gasteiger partial charge in [0, 0.05) is 6.54 Å². The number of alkyl halides is 3. The molecule has 78 valence electrons. The predicted octanol–water partition coefficient (Wildman–Crippen LogP) is 1.81. The topological polar surface area (TPSA) is 47.0 Å². The Morgan fingerprint density at radius 2 is 2.07 bits per heavy atom. The van der Waals surface area contributed by atoms with Gasteiger partial charge in [0.1, 0.15) is 5.82 Å². The Morgan fingerprint density at radius 3 is 2.50 bits per heavy atom. The molecule has 0 radical (unpaired) electrons. The van der Waals surface area contributed by atoms with Gasteiger partial charge in [0.25, 0.3) is 0 Å². The van der Waals surface area contributed by atoms with Gasteiger partial charge in [-0.25, -0.2) is 9.97 Å². The molecule has 0 aliphatic heterocycles. The van der Waals surface area contributed by atoms with Gasteiger partial charge in [-0.3, -0.25) is 0 Å². The Balaban J connectivity index is 2.64. The molecule has 0 spiro atoms. The third-order valence-corrected chi connectivity index (χ3v) is 1.21. The molecule has 14 heavy (non-hydrogen) atoms. The second-order valence-corrected chi connectivity index (χ2v) is 2.32. The molecule has 4 nitrogen and oxygen atoms in total. The average molecular weight is 207 g/mol. The standard InChI is InChI=1S/C7H8F3N3O/c1-2-11-5-3-13-6(4-12-5)14-7(8,9)10/h3-4H,2H2,1H3,(H,11,12). The van der Waals surface area contributed by atoms with Crippen molar-refractivity contribution in [2.24, 2.45) is 0 Å². The van der Waals surface area contributed by atoms with E-state index in [4.69, 9.17) is 0 Å². The van der Waals surface area contributed by atoms with Gasteiger partial charge >= 0.3 is 6.36 Å². The average Bonchev–Trinajstić information content (AvgIpc) is 2.06.